The molecule has 1 aliphatic rings. The minimum atomic E-state index is -0.332. The summed E-state index contributed by atoms with van der Waals surface area (Å²) in [4.78, 5) is 26.1. The Morgan fingerprint density at radius 2 is 2.43 bits per heavy atom. The Hall–Kier alpha value is -0.835. The van der Waals surface area contributed by atoms with Crippen LogP contribution in [0, 0.1) is 5.41 Å². The van der Waals surface area contributed by atoms with Crippen molar-refractivity contribution in [3.8, 4) is 0 Å². The van der Waals surface area contributed by atoms with Gasteiger partial charge in [0.25, 0.3) is 0 Å². The Morgan fingerprint density at radius 1 is 1.71 bits per heavy atom. The van der Waals surface area contributed by atoms with E-state index in [4.69, 9.17) is 7.64 Å². The van der Waals surface area contributed by atoms with Gasteiger partial charge in [-0.05, 0) is 0 Å². The zero-order valence-corrected chi connectivity index (χ0v) is 8.45. The molecule has 4 nitrogen and oxygen atoms in total. The van der Waals surface area contributed by atoms with E-state index in [9.17, 15) is 9.59 Å². The third-order valence-corrected chi connectivity index (χ3v) is 2.84. The number of hydrogen-bond donors (Lipinski definition) is 1. The first-order valence-corrected chi connectivity index (χ1v) is 4.76. The van der Waals surface area contributed by atoms with Gasteiger partial charge < -0.3 is 0 Å². The Morgan fingerprint density at radius 3 is 2.86 bits per heavy atom. The van der Waals surface area contributed by atoms with E-state index < -0.39 is 0 Å². The van der Waals surface area contributed by atoms with Gasteiger partial charge in [-0.3, -0.25) is 0 Å². The molecule has 1 heterocycles. The molecule has 0 saturated carbocycles. The molecule has 14 heavy (non-hydrogen) atoms. The van der Waals surface area contributed by atoms with E-state index in [0.717, 1.165) is 25.8 Å². The molecule has 0 bridgehead atoms. The minimum absolute atomic E-state index is 0.208. The van der Waals surface area contributed by atoms with Gasteiger partial charge in [0.15, 0.2) is 0 Å². The Bertz CT molecular complexity index is 257. The number of amides is 1. The van der Waals surface area contributed by atoms with Crippen molar-refractivity contribution in [1.29, 1.82) is 0 Å². The van der Waals surface area contributed by atoms with Crippen LogP contribution in [0.3, 0.4) is 0 Å². The van der Waals surface area contributed by atoms with Crippen LogP contribution in [-0.2, 0) is 9.59 Å². The summed E-state index contributed by atoms with van der Waals surface area (Å²) in [5.41, 5.74) is -0.332. The fourth-order valence-electron chi connectivity index (χ4n) is 1.90. The molecule has 0 spiro atoms. The summed E-state index contributed by atoms with van der Waals surface area (Å²) in [6.45, 7) is 1.66. The summed E-state index contributed by atoms with van der Waals surface area (Å²) >= 11 is 0. The van der Waals surface area contributed by atoms with E-state index in [0.29, 0.717) is 12.8 Å². The van der Waals surface area contributed by atoms with Gasteiger partial charge in [0.05, 0.1) is 0 Å². The molecule has 5 heteroatoms. The van der Waals surface area contributed by atoms with Crippen LogP contribution in [0.5, 0.6) is 0 Å². The number of hydrogen-bond acceptors (Lipinski definition) is 3. The van der Waals surface area contributed by atoms with Gasteiger partial charge in [0.2, 0.25) is 0 Å². The molecule has 1 N–H and O–H groups in total. The van der Waals surface area contributed by atoms with Crippen molar-refractivity contribution in [2.24, 2.45) is 5.41 Å². The van der Waals surface area contributed by atoms with E-state index in [1.165, 1.54) is 0 Å². The van der Waals surface area contributed by atoms with Gasteiger partial charge in [-0.2, -0.15) is 0 Å². The molecule has 1 fully saturated rings. The molecule has 1 amide bonds. The number of carbonyl (C=O) groups excluding carboxylic acids is 2. The number of nitrogens with one attached hydrogen (secondary N) is 1. The molecule has 1 radical (unpaired) electrons. The van der Waals surface area contributed by atoms with Crippen LogP contribution in [0.2, 0.25) is 0 Å². The average Bonchev–Trinajstić information content (AvgIpc) is 2.57. The Balaban J connectivity index is 2.50. The summed E-state index contributed by atoms with van der Waals surface area (Å²) in [5, 5.41) is 0. The van der Waals surface area contributed by atoms with E-state index in [1.54, 1.807) is 0 Å². The van der Waals surface area contributed by atoms with Crippen molar-refractivity contribution < 1.29 is 14.5 Å². The molecule has 0 aromatic heterocycles. The first kappa shape index (κ1) is 11.2. The number of likely N-dealkylation sites (tertiary alicyclic amines) is 1. The normalized spacial score (nSPS) is 27.4. The van der Waals surface area contributed by atoms with Crippen LogP contribution in [0.4, 0.5) is 0 Å². The van der Waals surface area contributed by atoms with E-state index in [-0.39, 0.29) is 11.3 Å². The molecule has 1 aliphatic heterocycles. The second-order valence-corrected chi connectivity index (χ2v) is 4.04. The zero-order chi connectivity index (χ0) is 10.6. The number of carbonyl (C=O) groups is 2. The average molecular weight is 194 g/mol. The maximum atomic E-state index is 11.0. The zero-order valence-electron chi connectivity index (χ0n) is 8.45. The van der Waals surface area contributed by atoms with Gasteiger partial charge >= 0.3 is 84.0 Å². The molecule has 1 saturated heterocycles. The van der Waals surface area contributed by atoms with Crippen molar-refractivity contribution in [2.75, 3.05) is 20.1 Å². The standard InChI is InChI=1S/C9H15BN2O2/c1-12-5-4-9(6-12,7-13)3-2-8(14)11-10/h7,11H,2-6H2,1H3/q+1. The van der Waals surface area contributed by atoms with Gasteiger partial charge in [-0.15, -0.1) is 0 Å². The number of nitrogens with zero attached hydrogens (tertiary/aromatic N) is 1. The molecule has 1 unspecified atom stereocenters. The first-order valence-electron chi connectivity index (χ1n) is 4.76. The predicted octanol–water partition coefficient (Wildman–Crippen LogP) is -1.75. The maximum absolute atomic E-state index is 11.0. The van der Waals surface area contributed by atoms with Gasteiger partial charge in [0, 0.05) is 0 Å². The van der Waals surface area contributed by atoms with E-state index >= 15 is 0 Å². The van der Waals surface area contributed by atoms with Crippen LogP contribution in [-0.4, -0.2) is 44.9 Å². The van der Waals surface area contributed by atoms with E-state index in [1.807, 2.05) is 7.05 Å². The Kier molecular flexibility index (Phi) is 3.69. The molecular weight excluding hydrogens is 179 g/mol. The van der Waals surface area contributed by atoms with Crippen LogP contribution in [0.25, 0.3) is 0 Å². The topological polar surface area (TPSA) is 51.4 Å². The third-order valence-electron chi connectivity index (χ3n) is 2.84. The summed E-state index contributed by atoms with van der Waals surface area (Å²) in [5.74, 6) is -0.208. The van der Waals surface area contributed by atoms with Gasteiger partial charge in [-0.25, -0.2) is 0 Å². The van der Waals surface area contributed by atoms with Crippen molar-refractivity contribution in [2.45, 2.75) is 19.3 Å². The quantitative estimate of drug-likeness (QED) is 0.426. The van der Waals surface area contributed by atoms with Gasteiger partial charge in [-0.1, -0.05) is 0 Å². The van der Waals surface area contributed by atoms with Crippen LogP contribution < -0.4 is 4.90 Å². The van der Waals surface area contributed by atoms with E-state index in [2.05, 4.69) is 9.80 Å². The fourth-order valence-corrected chi connectivity index (χ4v) is 1.90. The molecule has 0 aromatic rings. The fraction of sp³-hybridized carbons (Fsp3) is 0.778. The Labute approximate surface area is 84.8 Å². The molecular formula is C9H15BN2O2+. The molecule has 0 aliphatic carbocycles. The van der Waals surface area contributed by atoms with Crippen molar-refractivity contribution >= 4 is 19.8 Å². The van der Waals surface area contributed by atoms with Crippen LogP contribution in [0.1, 0.15) is 19.3 Å². The molecule has 0 aromatic carbocycles. The number of aldehydes is 1. The van der Waals surface area contributed by atoms with Gasteiger partial charge in [0.1, 0.15) is 0 Å². The molecule has 75 valence electrons. The molecule has 1 rings (SSSR count). The monoisotopic (exact) mass is 194 g/mol. The summed E-state index contributed by atoms with van der Waals surface area (Å²) in [6, 6.07) is 0. The van der Waals surface area contributed by atoms with Crippen LogP contribution >= 0.6 is 0 Å². The second kappa shape index (κ2) is 4.60. The molecule has 1 atom stereocenters. The van der Waals surface area contributed by atoms with Crippen molar-refractivity contribution in [1.82, 2.24) is 4.90 Å². The SMILES string of the molecule is [B]=[NH+]C(=O)CCC1(C=O)CCN(C)C1. The predicted molar refractivity (Wildman–Crippen MR) is 51.6 cm³/mol. The number of rotatable bonds is 4. The summed E-state index contributed by atoms with van der Waals surface area (Å²) in [6.07, 6.45) is 2.73. The van der Waals surface area contributed by atoms with Crippen LogP contribution in [0.15, 0.2) is 0 Å². The van der Waals surface area contributed by atoms with Crippen molar-refractivity contribution in [3.63, 3.8) is 0 Å². The first-order chi connectivity index (χ1) is 6.62. The van der Waals surface area contributed by atoms with Crippen molar-refractivity contribution in [3.05, 3.63) is 0 Å². The second-order valence-electron chi connectivity index (χ2n) is 4.04. The summed E-state index contributed by atoms with van der Waals surface area (Å²) in [7, 11) is 6.95. The third kappa shape index (κ3) is 2.58. The summed E-state index contributed by atoms with van der Waals surface area (Å²) < 4.78 is 0.